The van der Waals surface area contributed by atoms with Crippen LogP contribution in [0, 0.1) is 16.0 Å². The van der Waals surface area contributed by atoms with Crippen molar-refractivity contribution in [3.63, 3.8) is 0 Å². The Kier molecular flexibility index (Phi) is 4.91. The highest BCUT2D eigenvalue weighted by Crippen LogP contribution is 2.24. The molecule has 0 saturated carbocycles. The summed E-state index contributed by atoms with van der Waals surface area (Å²) < 4.78 is 0. The van der Waals surface area contributed by atoms with Crippen molar-refractivity contribution in [1.29, 1.82) is 0 Å². The van der Waals surface area contributed by atoms with E-state index in [1.54, 1.807) is 6.07 Å². The summed E-state index contributed by atoms with van der Waals surface area (Å²) in [6.07, 6.45) is 0.261. The van der Waals surface area contributed by atoms with Crippen LogP contribution in [0.3, 0.4) is 0 Å². The molecule has 1 atom stereocenters. The number of rotatable bonds is 6. The molecule has 0 bridgehead atoms. The van der Waals surface area contributed by atoms with Crippen molar-refractivity contribution in [1.82, 2.24) is 0 Å². The molecule has 1 aromatic carbocycles. The number of nitrogens with zero attached hydrogens (tertiary/aromatic N) is 1. The van der Waals surface area contributed by atoms with Crippen LogP contribution in [0.2, 0.25) is 0 Å². The molecule has 0 saturated heterocycles. The number of hydrogen-bond acceptors (Lipinski definition) is 5. The van der Waals surface area contributed by atoms with Crippen LogP contribution in [-0.4, -0.2) is 22.7 Å². The second kappa shape index (κ2) is 6.20. The van der Waals surface area contributed by atoms with Gasteiger partial charge in [-0.25, -0.2) is 0 Å². The largest absolute Gasteiger partial charge is 0.393 e. The predicted molar refractivity (Wildman–Crippen MR) is 71.5 cm³/mol. The van der Waals surface area contributed by atoms with Gasteiger partial charge >= 0.3 is 0 Å². The molecule has 0 radical (unpaired) electrons. The molecule has 0 spiro atoms. The van der Waals surface area contributed by atoms with Crippen molar-refractivity contribution >= 4 is 17.1 Å². The molecule has 0 aromatic heterocycles. The molecule has 0 aliphatic heterocycles. The number of nitrogens with one attached hydrogen (secondary N) is 1. The molecule has 0 amide bonds. The number of anilines is 2. The fourth-order valence-electron chi connectivity index (χ4n) is 1.69. The van der Waals surface area contributed by atoms with Crippen LogP contribution in [0.15, 0.2) is 18.2 Å². The topological polar surface area (TPSA) is 101 Å². The number of hydrogen-bond donors (Lipinski definition) is 3. The Balaban J connectivity index is 2.58. The summed E-state index contributed by atoms with van der Waals surface area (Å²) in [7, 11) is 0. The fourth-order valence-corrected chi connectivity index (χ4v) is 1.69. The van der Waals surface area contributed by atoms with E-state index in [9.17, 15) is 15.2 Å². The lowest BCUT2D eigenvalue weighted by atomic mass is 10.1. The smallest absolute Gasteiger partial charge is 0.292 e. The third kappa shape index (κ3) is 4.21. The van der Waals surface area contributed by atoms with Crippen molar-refractivity contribution < 1.29 is 10.0 Å². The van der Waals surface area contributed by atoms with E-state index in [-0.39, 0.29) is 11.4 Å². The summed E-state index contributed by atoms with van der Waals surface area (Å²) in [5.74, 6) is 0.420. The molecule has 18 heavy (non-hydrogen) atoms. The Bertz CT molecular complexity index is 421. The summed E-state index contributed by atoms with van der Waals surface area (Å²) in [4.78, 5) is 10.1. The van der Waals surface area contributed by atoms with E-state index in [1.165, 1.54) is 12.1 Å². The van der Waals surface area contributed by atoms with Gasteiger partial charge in [-0.1, -0.05) is 13.8 Å². The molecule has 4 N–H and O–H groups in total. The Morgan fingerprint density at radius 3 is 2.67 bits per heavy atom. The van der Waals surface area contributed by atoms with Crippen molar-refractivity contribution in [2.75, 3.05) is 17.6 Å². The van der Waals surface area contributed by atoms with Crippen molar-refractivity contribution in [2.45, 2.75) is 26.4 Å². The van der Waals surface area contributed by atoms with Crippen LogP contribution in [-0.2, 0) is 0 Å². The first-order chi connectivity index (χ1) is 8.40. The molecule has 0 fully saturated rings. The number of benzene rings is 1. The zero-order valence-corrected chi connectivity index (χ0v) is 10.6. The lowest BCUT2D eigenvalue weighted by Gasteiger charge is -2.14. The van der Waals surface area contributed by atoms with Gasteiger partial charge in [-0.2, -0.15) is 0 Å². The predicted octanol–water partition coefficient (Wildman–Crippen LogP) is 2.00. The Morgan fingerprint density at radius 2 is 2.17 bits per heavy atom. The van der Waals surface area contributed by atoms with E-state index < -0.39 is 11.0 Å². The van der Waals surface area contributed by atoms with Crippen LogP contribution in [0.1, 0.15) is 20.3 Å². The number of nitrogen functional groups attached to an aromatic ring is 1. The lowest BCUT2D eigenvalue weighted by molar-refractivity contribution is -0.383. The summed E-state index contributed by atoms with van der Waals surface area (Å²) in [5.41, 5.74) is 6.24. The monoisotopic (exact) mass is 253 g/mol. The normalized spacial score (nSPS) is 12.4. The van der Waals surface area contributed by atoms with E-state index in [2.05, 4.69) is 5.32 Å². The third-order valence-electron chi connectivity index (χ3n) is 2.51. The SMILES string of the molecule is CC(C)CC(O)CNc1ccc([N+](=O)[O-])c(N)c1. The van der Waals surface area contributed by atoms with Crippen LogP contribution >= 0.6 is 0 Å². The molecule has 1 rings (SSSR count). The highest BCUT2D eigenvalue weighted by atomic mass is 16.6. The molecule has 1 unspecified atom stereocenters. The molecular weight excluding hydrogens is 234 g/mol. The van der Waals surface area contributed by atoms with Gasteiger partial charge in [0, 0.05) is 18.3 Å². The van der Waals surface area contributed by atoms with E-state index in [1.807, 2.05) is 13.8 Å². The molecule has 100 valence electrons. The lowest BCUT2D eigenvalue weighted by Crippen LogP contribution is -2.21. The maximum absolute atomic E-state index is 10.6. The molecule has 0 aliphatic rings. The second-order valence-corrected chi connectivity index (χ2v) is 4.69. The fraction of sp³-hybridized carbons (Fsp3) is 0.500. The molecule has 0 heterocycles. The average molecular weight is 253 g/mol. The average Bonchev–Trinajstić information content (AvgIpc) is 2.25. The highest BCUT2D eigenvalue weighted by Gasteiger charge is 2.12. The van der Waals surface area contributed by atoms with E-state index in [0.717, 1.165) is 0 Å². The van der Waals surface area contributed by atoms with Gasteiger partial charge in [-0.05, 0) is 24.5 Å². The maximum atomic E-state index is 10.6. The standard InChI is InChI=1S/C12H19N3O3/c1-8(2)5-10(16)7-14-9-3-4-12(15(17)18)11(13)6-9/h3-4,6,8,10,14,16H,5,7,13H2,1-2H3. The zero-order valence-electron chi connectivity index (χ0n) is 10.6. The van der Waals surface area contributed by atoms with Crippen molar-refractivity contribution in [2.24, 2.45) is 5.92 Å². The minimum atomic E-state index is -0.521. The van der Waals surface area contributed by atoms with Gasteiger partial charge in [0.1, 0.15) is 5.69 Å². The Hall–Kier alpha value is -1.82. The van der Waals surface area contributed by atoms with Gasteiger partial charge in [0.15, 0.2) is 0 Å². The second-order valence-electron chi connectivity index (χ2n) is 4.69. The van der Waals surface area contributed by atoms with Crippen LogP contribution < -0.4 is 11.1 Å². The number of nitro benzene ring substituents is 1. The zero-order chi connectivity index (χ0) is 13.7. The molecule has 0 aliphatic carbocycles. The van der Waals surface area contributed by atoms with Crippen molar-refractivity contribution in [3.05, 3.63) is 28.3 Å². The first kappa shape index (κ1) is 14.2. The quantitative estimate of drug-likeness (QED) is 0.409. The minimum absolute atomic E-state index is 0.108. The van der Waals surface area contributed by atoms with Gasteiger partial charge in [0.25, 0.3) is 5.69 Å². The summed E-state index contributed by atoms with van der Waals surface area (Å²) in [6, 6.07) is 4.43. The maximum Gasteiger partial charge on any atom is 0.292 e. The number of aliphatic hydroxyl groups is 1. The number of nitrogens with two attached hydrogens (primary N) is 1. The summed E-state index contributed by atoms with van der Waals surface area (Å²) in [6.45, 7) is 4.47. The third-order valence-corrected chi connectivity index (χ3v) is 2.51. The Morgan fingerprint density at radius 1 is 1.50 bits per heavy atom. The van der Waals surface area contributed by atoms with Crippen LogP contribution in [0.25, 0.3) is 0 Å². The summed E-state index contributed by atoms with van der Waals surface area (Å²) in [5, 5.41) is 23.3. The van der Waals surface area contributed by atoms with Gasteiger partial charge in [-0.15, -0.1) is 0 Å². The first-order valence-corrected chi connectivity index (χ1v) is 5.86. The van der Waals surface area contributed by atoms with E-state index >= 15 is 0 Å². The molecule has 6 nitrogen and oxygen atoms in total. The van der Waals surface area contributed by atoms with Crippen LogP contribution in [0.4, 0.5) is 17.1 Å². The van der Waals surface area contributed by atoms with E-state index in [0.29, 0.717) is 24.6 Å². The van der Waals surface area contributed by atoms with Crippen LogP contribution in [0.5, 0.6) is 0 Å². The summed E-state index contributed by atoms with van der Waals surface area (Å²) >= 11 is 0. The van der Waals surface area contributed by atoms with Gasteiger partial charge in [-0.3, -0.25) is 10.1 Å². The van der Waals surface area contributed by atoms with E-state index in [4.69, 9.17) is 5.73 Å². The van der Waals surface area contributed by atoms with Gasteiger partial charge < -0.3 is 16.2 Å². The first-order valence-electron chi connectivity index (χ1n) is 5.86. The highest BCUT2D eigenvalue weighted by molar-refractivity contribution is 5.65. The van der Waals surface area contributed by atoms with Gasteiger partial charge in [0.2, 0.25) is 0 Å². The molecular formula is C12H19N3O3. The van der Waals surface area contributed by atoms with Gasteiger partial charge in [0.05, 0.1) is 11.0 Å². The number of aliphatic hydroxyl groups excluding tert-OH is 1. The molecule has 1 aromatic rings. The Labute approximate surface area is 106 Å². The van der Waals surface area contributed by atoms with Crippen molar-refractivity contribution in [3.8, 4) is 0 Å². The molecule has 6 heteroatoms. The minimum Gasteiger partial charge on any atom is -0.393 e. The number of nitro groups is 1.